The largest absolute Gasteiger partial charge is 0.351 e. The molecule has 98 valence electrons. The number of hydrogen-bond acceptors (Lipinski definition) is 2. The van der Waals surface area contributed by atoms with Gasteiger partial charge in [0, 0.05) is 39.3 Å². The van der Waals surface area contributed by atoms with Crippen LogP contribution in [0.25, 0.3) is 0 Å². The molecule has 1 aliphatic rings. The molecule has 1 heterocycles. The van der Waals surface area contributed by atoms with Crippen molar-refractivity contribution in [3.63, 3.8) is 0 Å². The van der Waals surface area contributed by atoms with Gasteiger partial charge in [0.15, 0.2) is 0 Å². The molecule has 0 aromatic heterocycles. The van der Waals surface area contributed by atoms with Gasteiger partial charge in [-0.15, -0.1) is 0 Å². The zero-order chi connectivity index (χ0) is 13.0. The fourth-order valence-electron chi connectivity index (χ4n) is 1.77. The fourth-order valence-corrected chi connectivity index (χ4v) is 1.77. The van der Waals surface area contributed by atoms with Gasteiger partial charge in [-0.3, -0.25) is 0 Å². The van der Waals surface area contributed by atoms with Gasteiger partial charge in [-0.25, -0.2) is 9.59 Å². The molecule has 1 rings (SSSR count). The molecule has 1 fully saturated rings. The number of rotatable bonds is 1. The van der Waals surface area contributed by atoms with E-state index in [2.05, 4.69) is 0 Å². The smallest absolute Gasteiger partial charge is 0.320 e. The highest BCUT2D eigenvalue weighted by atomic mass is 16.2. The lowest BCUT2D eigenvalue weighted by molar-refractivity contribution is 0.153. The van der Waals surface area contributed by atoms with Crippen LogP contribution < -0.4 is 5.73 Å². The summed E-state index contributed by atoms with van der Waals surface area (Å²) in [6, 6.07) is -0.208. The molecule has 2 N–H and O–H groups in total. The third kappa shape index (κ3) is 3.51. The first-order valence-electron chi connectivity index (χ1n) is 5.99. The highest BCUT2D eigenvalue weighted by Crippen LogP contribution is 2.07. The molecule has 4 amide bonds. The SMILES string of the molecule is CC(C)N(C)C(=O)N1CCCN(C(N)=O)CC1. The van der Waals surface area contributed by atoms with Crippen molar-refractivity contribution in [1.82, 2.24) is 14.7 Å². The third-order valence-corrected chi connectivity index (χ3v) is 3.15. The lowest BCUT2D eigenvalue weighted by Gasteiger charge is -2.29. The van der Waals surface area contributed by atoms with Crippen molar-refractivity contribution in [1.29, 1.82) is 0 Å². The molecule has 0 aromatic carbocycles. The fraction of sp³-hybridized carbons (Fsp3) is 0.818. The quantitative estimate of drug-likeness (QED) is 0.728. The lowest BCUT2D eigenvalue weighted by Crippen LogP contribution is -2.46. The summed E-state index contributed by atoms with van der Waals surface area (Å²) in [5.41, 5.74) is 5.24. The summed E-state index contributed by atoms with van der Waals surface area (Å²) in [5, 5.41) is 0. The van der Waals surface area contributed by atoms with E-state index in [0.717, 1.165) is 6.42 Å². The van der Waals surface area contributed by atoms with Gasteiger partial charge in [0.25, 0.3) is 0 Å². The Bertz CT molecular complexity index is 293. The summed E-state index contributed by atoms with van der Waals surface area (Å²) in [6.45, 7) is 6.34. The van der Waals surface area contributed by atoms with Gasteiger partial charge in [0.05, 0.1) is 0 Å². The molecule has 0 bridgehead atoms. The zero-order valence-electron chi connectivity index (χ0n) is 10.8. The number of nitrogens with two attached hydrogens (primary N) is 1. The second-order valence-corrected chi connectivity index (χ2v) is 4.65. The van der Waals surface area contributed by atoms with Crippen molar-refractivity contribution in [2.24, 2.45) is 5.73 Å². The molecule has 0 unspecified atom stereocenters. The molecular weight excluding hydrogens is 220 g/mol. The van der Waals surface area contributed by atoms with Crippen molar-refractivity contribution >= 4 is 12.1 Å². The number of carbonyl (C=O) groups is 2. The Kier molecular flexibility index (Phi) is 4.60. The summed E-state index contributed by atoms with van der Waals surface area (Å²) >= 11 is 0. The van der Waals surface area contributed by atoms with Gasteiger partial charge in [-0.05, 0) is 20.3 Å². The summed E-state index contributed by atoms with van der Waals surface area (Å²) < 4.78 is 0. The van der Waals surface area contributed by atoms with Crippen LogP contribution in [0.2, 0.25) is 0 Å². The van der Waals surface area contributed by atoms with Gasteiger partial charge in [0.1, 0.15) is 0 Å². The minimum atomic E-state index is -0.406. The van der Waals surface area contributed by atoms with Crippen molar-refractivity contribution in [2.75, 3.05) is 33.2 Å². The first-order chi connectivity index (χ1) is 7.93. The van der Waals surface area contributed by atoms with E-state index >= 15 is 0 Å². The number of nitrogens with zero attached hydrogens (tertiary/aromatic N) is 3. The van der Waals surface area contributed by atoms with Crippen LogP contribution in [-0.4, -0.2) is 66.0 Å². The third-order valence-electron chi connectivity index (χ3n) is 3.15. The molecule has 0 saturated carbocycles. The Morgan fingerprint density at radius 3 is 2.18 bits per heavy atom. The Balaban J connectivity index is 2.57. The number of primary amides is 1. The highest BCUT2D eigenvalue weighted by molar-refractivity contribution is 5.75. The second kappa shape index (κ2) is 5.75. The monoisotopic (exact) mass is 242 g/mol. The maximum atomic E-state index is 12.1. The van der Waals surface area contributed by atoms with Crippen LogP contribution in [0, 0.1) is 0 Å². The lowest BCUT2D eigenvalue weighted by atomic mass is 10.3. The van der Waals surface area contributed by atoms with Gasteiger partial charge >= 0.3 is 12.1 Å². The molecule has 1 saturated heterocycles. The Hall–Kier alpha value is -1.46. The summed E-state index contributed by atoms with van der Waals surface area (Å²) in [6.07, 6.45) is 0.778. The second-order valence-electron chi connectivity index (χ2n) is 4.65. The molecule has 0 atom stereocenters. The zero-order valence-corrected chi connectivity index (χ0v) is 10.8. The van der Waals surface area contributed by atoms with E-state index in [1.165, 1.54) is 0 Å². The number of urea groups is 2. The molecule has 17 heavy (non-hydrogen) atoms. The molecular formula is C11H22N4O2. The van der Waals surface area contributed by atoms with Crippen molar-refractivity contribution in [2.45, 2.75) is 26.3 Å². The van der Waals surface area contributed by atoms with E-state index in [-0.39, 0.29) is 12.1 Å². The van der Waals surface area contributed by atoms with Crippen LogP contribution >= 0.6 is 0 Å². The first-order valence-corrected chi connectivity index (χ1v) is 5.99. The van der Waals surface area contributed by atoms with E-state index in [0.29, 0.717) is 26.2 Å². The van der Waals surface area contributed by atoms with Gasteiger partial charge < -0.3 is 20.4 Å². The summed E-state index contributed by atoms with van der Waals surface area (Å²) in [4.78, 5) is 28.2. The Morgan fingerprint density at radius 1 is 1.12 bits per heavy atom. The van der Waals surface area contributed by atoms with Crippen molar-refractivity contribution < 1.29 is 9.59 Å². The molecule has 6 heteroatoms. The Labute approximate surface area is 102 Å². The van der Waals surface area contributed by atoms with Crippen LogP contribution in [-0.2, 0) is 0 Å². The predicted octanol–water partition coefficient (Wildman–Crippen LogP) is 0.533. The van der Waals surface area contributed by atoms with Crippen LogP contribution in [0.4, 0.5) is 9.59 Å². The molecule has 0 aliphatic carbocycles. The molecule has 0 aromatic rings. The maximum absolute atomic E-state index is 12.1. The normalized spacial score (nSPS) is 16.9. The van der Waals surface area contributed by atoms with Crippen LogP contribution in [0.5, 0.6) is 0 Å². The van der Waals surface area contributed by atoms with Gasteiger partial charge in [-0.2, -0.15) is 0 Å². The van der Waals surface area contributed by atoms with Crippen LogP contribution in [0.3, 0.4) is 0 Å². The maximum Gasteiger partial charge on any atom is 0.320 e. The minimum Gasteiger partial charge on any atom is -0.351 e. The van der Waals surface area contributed by atoms with Crippen molar-refractivity contribution in [3.8, 4) is 0 Å². The molecule has 0 radical (unpaired) electrons. The molecule has 1 aliphatic heterocycles. The van der Waals surface area contributed by atoms with E-state index in [1.807, 2.05) is 13.8 Å². The molecule has 0 spiro atoms. The van der Waals surface area contributed by atoms with E-state index in [1.54, 1.807) is 21.7 Å². The minimum absolute atomic E-state index is 0.0197. The van der Waals surface area contributed by atoms with Gasteiger partial charge in [0.2, 0.25) is 0 Å². The first kappa shape index (κ1) is 13.6. The van der Waals surface area contributed by atoms with E-state index in [9.17, 15) is 9.59 Å². The van der Waals surface area contributed by atoms with Crippen LogP contribution in [0.1, 0.15) is 20.3 Å². The van der Waals surface area contributed by atoms with E-state index < -0.39 is 6.03 Å². The standard InChI is InChI=1S/C11H22N4O2/c1-9(2)13(3)11(17)15-6-4-5-14(7-8-15)10(12)16/h9H,4-8H2,1-3H3,(H2,12,16). The van der Waals surface area contributed by atoms with Crippen molar-refractivity contribution in [3.05, 3.63) is 0 Å². The topological polar surface area (TPSA) is 69.9 Å². The summed E-state index contributed by atoms with van der Waals surface area (Å²) in [7, 11) is 1.80. The Morgan fingerprint density at radius 2 is 1.65 bits per heavy atom. The number of amides is 4. The van der Waals surface area contributed by atoms with Gasteiger partial charge in [-0.1, -0.05) is 0 Å². The molecule has 6 nitrogen and oxygen atoms in total. The average Bonchev–Trinajstić information content (AvgIpc) is 2.52. The predicted molar refractivity (Wildman–Crippen MR) is 65.6 cm³/mol. The van der Waals surface area contributed by atoms with Crippen LogP contribution in [0.15, 0.2) is 0 Å². The number of hydrogen-bond donors (Lipinski definition) is 1. The van der Waals surface area contributed by atoms with E-state index in [4.69, 9.17) is 5.73 Å². The highest BCUT2D eigenvalue weighted by Gasteiger charge is 2.23. The summed E-state index contributed by atoms with van der Waals surface area (Å²) in [5.74, 6) is 0. The number of carbonyl (C=O) groups excluding carboxylic acids is 2. The average molecular weight is 242 g/mol.